The minimum absolute atomic E-state index is 0. The number of guanidine groups is 1. The molecule has 1 heterocycles. The van der Waals surface area contributed by atoms with Gasteiger partial charge in [0.25, 0.3) is 0 Å². The second-order valence-corrected chi connectivity index (χ2v) is 5.76. The van der Waals surface area contributed by atoms with Crippen molar-refractivity contribution in [3.05, 3.63) is 45.9 Å². The topological polar surface area (TPSA) is 63.3 Å². The quantitative estimate of drug-likeness (QED) is 0.445. The Morgan fingerprint density at radius 1 is 1.33 bits per heavy atom. The first-order chi connectivity index (χ1) is 9.69. The molecule has 1 aromatic carbocycles. The van der Waals surface area contributed by atoms with E-state index >= 15 is 0 Å². The molecular weight excluding hydrogens is 395 g/mol. The summed E-state index contributed by atoms with van der Waals surface area (Å²) in [5.41, 5.74) is 8.00. The Kier molecular flexibility index (Phi) is 7.66. The summed E-state index contributed by atoms with van der Waals surface area (Å²) in [7, 11) is 0. The van der Waals surface area contributed by atoms with Crippen LogP contribution < -0.4 is 11.1 Å². The summed E-state index contributed by atoms with van der Waals surface area (Å²) < 4.78 is 0. The van der Waals surface area contributed by atoms with Gasteiger partial charge in [0, 0.05) is 23.5 Å². The maximum absolute atomic E-state index is 5.85. The molecule has 0 aliphatic heterocycles. The van der Waals surface area contributed by atoms with Gasteiger partial charge in [-0.3, -0.25) is 4.99 Å². The molecule has 0 fully saturated rings. The van der Waals surface area contributed by atoms with Crippen LogP contribution in [-0.2, 0) is 12.8 Å². The van der Waals surface area contributed by atoms with Gasteiger partial charge in [-0.15, -0.1) is 35.3 Å². The van der Waals surface area contributed by atoms with E-state index in [4.69, 9.17) is 5.73 Å². The third kappa shape index (κ3) is 5.62. The number of anilines is 1. The van der Waals surface area contributed by atoms with Crippen LogP contribution in [0, 0.1) is 6.92 Å². The molecule has 2 aromatic rings. The molecular formula is C15H21IN4S. The Morgan fingerprint density at radius 2 is 2.05 bits per heavy atom. The highest BCUT2D eigenvalue weighted by atomic mass is 127. The van der Waals surface area contributed by atoms with E-state index in [-0.39, 0.29) is 24.0 Å². The molecule has 4 nitrogen and oxygen atoms in total. The van der Waals surface area contributed by atoms with Gasteiger partial charge in [-0.2, -0.15) is 0 Å². The van der Waals surface area contributed by atoms with Crippen molar-refractivity contribution < 1.29 is 0 Å². The summed E-state index contributed by atoms with van der Waals surface area (Å²) in [5.74, 6) is 0.445. The molecule has 1 aromatic heterocycles. The van der Waals surface area contributed by atoms with Crippen molar-refractivity contribution in [2.45, 2.75) is 26.7 Å². The molecule has 0 aliphatic rings. The third-order valence-electron chi connectivity index (χ3n) is 2.93. The van der Waals surface area contributed by atoms with Crippen molar-refractivity contribution in [3.8, 4) is 0 Å². The third-order valence-corrected chi connectivity index (χ3v) is 4.00. The van der Waals surface area contributed by atoms with Crippen LogP contribution in [0.5, 0.6) is 0 Å². The van der Waals surface area contributed by atoms with Gasteiger partial charge in [-0.25, -0.2) is 4.98 Å². The fourth-order valence-corrected chi connectivity index (χ4v) is 2.91. The van der Waals surface area contributed by atoms with Crippen molar-refractivity contribution in [2.75, 3.05) is 11.9 Å². The van der Waals surface area contributed by atoms with Gasteiger partial charge in [-0.05, 0) is 25.5 Å². The molecule has 0 aliphatic carbocycles. The monoisotopic (exact) mass is 416 g/mol. The van der Waals surface area contributed by atoms with E-state index < -0.39 is 0 Å². The minimum Gasteiger partial charge on any atom is -0.370 e. The molecule has 0 amide bonds. The van der Waals surface area contributed by atoms with Crippen LogP contribution in [0.1, 0.15) is 22.5 Å². The van der Waals surface area contributed by atoms with Gasteiger partial charge >= 0.3 is 0 Å². The first-order valence-electron chi connectivity index (χ1n) is 6.76. The van der Waals surface area contributed by atoms with Gasteiger partial charge in [0.15, 0.2) is 5.96 Å². The van der Waals surface area contributed by atoms with E-state index in [1.54, 1.807) is 11.3 Å². The minimum atomic E-state index is 0. The lowest BCUT2D eigenvalue weighted by Gasteiger charge is -2.04. The lowest BCUT2D eigenvalue weighted by atomic mass is 10.3. The van der Waals surface area contributed by atoms with Gasteiger partial charge in [0.05, 0.1) is 10.7 Å². The summed E-state index contributed by atoms with van der Waals surface area (Å²) in [4.78, 5) is 10.2. The SMILES string of the molecule is CCc1nc(CCN=C(N)Nc2ccccc2)sc1C.I. The molecule has 3 N–H and O–H groups in total. The average molecular weight is 416 g/mol. The number of aryl methyl sites for hydroxylation is 2. The number of nitrogens with two attached hydrogens (primary N) is 1. The smallest absolute Gasteiger partial charge is 0.193 e. The number of hydrogen-bond donors (Lipinski definition) is 2. The van der Waals surface area contributed by atoms with Crippen LogP contribution in [0.3, 0.4) is 0 Å². The van der Waals surface area contributed by atoms with Crippen LogP contribution in [-0.4, -0.2) is 17.5 Å². The largest absolute Gasteiger partial charge is 0.370 e. The Labute approximate surface area is 146 Å². The van der Waals surface area contributed by atoms with E-state index in [1.807, 2.05) is 30.3 Å². The van der Waals surface area contributed by atoms with Crippen molar-refractivity contribution >= 4 is 47.0 Å². The number of benzene rings is 1. The molecule has 2 rings (SSSR count). The van der Waals surface area contributed by atoms with Crippen LogP contribution in [0.15, 0.2) is 35.3 Å². The van der Waals surface area contributed by atoms with Gasteiger partial charge in [-0.1, -0.05) is 25.1 Å². The number of hydrogen-bond acceptors (Lipinski definition) is 3. The fraction of sp³-hybridized carbons (Fsp3) is 0.333. The maximum atomic E-state index is 5.85. The summed E-state index contributed by atoms with van der Waals surface area (Å²) in [6, 6.07) is 9.80. The second kappa shape index (κ2) is 8.99. The first kappa shape index (κ1) is 17.9. The number of aliphatic imine (C=N–C) groups is 1. The Bertz CT molecular complexity index is 581. The van der Waals surface area contributed by atoms with Crippen LogP contribution in [0.4, 0.5) is 5.69 Å². The molecule has 6 heteroatoms. The second-order valence-electron chi connectivity index (χ2n) is 4.47. The number of nitrogens with zero attached hydrogens (tertiary/aromatic N) is 2. The van der Waals surface area contributed by atoms with Crippen molar-refractivity contribution in [3.63, 3.8) is 0 Å². The van der Waals surface area contributed by atoms with E-state index in [0.29, 0.717) is 12.5 Å². The van der Waals surface area contributed by atoms with Crippen LogP contribution >= 0.6 is 35.3 Å². The van der Waals surface area contributed by atoms with E-state index in [1.165, 1.54) is 10.6 Å². The summed E-state index contributed by atoms with van der Waals surface area (Å²) in [6.45, 7) is 4.90. The number of nitrogens with one attached hydrogen (secondary N) is 1. The lowest BCUT2D eigenvalue weighted by molar-refractivity contribution is 0.925. The van der Waals surface area contributed by atoms with Gasteiger partial charge in [0.2, 0.25) is 0 Å². The summed E-state index contributed by atoms with van der Waals surface area (Å²) >= 11 is 1.75. The van der Waals surface area contributed by atoms with E-state index in [0.717, 1.165) is 23.5 Å². The van der Waals surface area contributed by atoms with Gasteiger partial charge in [0.1, 0.15) is 0 Å². The zero-order valence-corrected chi connectivity index (χ0v) is 15.4. The zero-order valence-electron chi connectivity index (χ0n) is 12.3. The van der Waals surface area contributed by atoms with E-state index in [9.17, 15) is 0 Å². The average Bonchev–Trinajstić information content (AvgIpc) is 2.80. The molecule has 0 radical (unpaired) electrons. The highest BCUT2D eigenvalue weighted by Crippen LogP contribution is 2.18. The number of rotatable bonds is 5. The standard InChI is InChI=1S/C15H20N4S.HI/c1-3-13-11(2)20-14(19-13)9-10-17-15(16)18-12-7-5-4-6-8-12;/h4-8H,3,9-10H2,1-2H3,(H3,16,17,18);1H. The maximum Gasteiger partial charge on any atom is 0.193 e. The molecule has 0 atom stereocenters. The van der Waals surface area contributed by atoms with Gasteiger partial charge < -0.3 is 11.1 Å². The molecule has 0 saturated heterocycles. The normalized spacial score (nSPS) is 11.0. The van der Waals surface area contributed by atoms with E-state index in [2.05, 4.69) is 29.1 Å². The number of halogens is 1. The predicted octanol–water partition coefficient (Wildman–Crippen LogP) is 3.60. The Hall–Kier alpha value is -1.15. The van der Waals surface area contributed by atoms with Crippen molar-refractivity contribution in [2.24, 2.45) is 10.7 Å². The lowest BCUT2D eigenvalue weighted by Crippen LogP contribution is -2.23. The molecule has 0 spiro atoms. The van der Waals surface area contributed by atoms with Crippen molar-refractivity contribution in [1.29, 1.82) is 0 Å². The highest BCUT2D eigenvalue weighted by molar-refractivity contribution is 14.0. The summed E-state index contributed by atoms with van der Waals surface area (Å²) in [6.07, 6.45) is 1.83. The molecule has 21 heavy (non-hydrogen) atoms. The molecule has 114 valence electrons. The number of aromatic nitrogens is 1. The Balaban J connectivity index is 0.00000220. The number of para-hydroxylation sites is 1. The van der Waals surface area contributed by atoms with Crippen LogP contribution in [0.2, 0.25) is 0 Å². The van der Waals surface area contributed by atoms with Crippen LogP contribution in [0.25, 0.3) is 0 Å². The Morgan fingerprint density at radius 3 is 2.67 bits per heavy atom. The fourth-order valence-electron chi connectivity index (χ4n) is 1.90. The highest BCUT2D eigenvalue weighted by Gasteiger charge is 2.05. The molecule has 0 saturated carbocycles. The zero-order chi connectivity index (χ0) is 14.4. The number of thiazole rings is 1. The summed E-state index contributed by atoms with van der Waals surface area (Å²) in [5, 5.41) is 4.20. The van der Waals surface area contributed by atoms with Crippen molar-refractivity contribution in [1.82, 2.24) is 4.98 Å². The predicted molar refractivity (Wildman–Crippen MR) is 102 cm³/mol. The molecule has 0 unspecified atom stereocenters. The molecule has 0 bridgehead atoms. The first-order valence-corrected chi connectivity index (χ1v) is 7.58.